The molecular weight excluding hydrogens is 333 g/mol. The molecule has 122 valence electrons. The molecule has 2 aromatic carbocycles. The maximum absolute atomic E-state index is 12.9. The SMILES string of the molecule is O=C(NCCc1nnc(-c2ccc(F)cc2)o1)c1ccccc1Cl. The average Bonchev–Trinajstić information content (AvgIpc) is 3.04. The van der Waals surface area contributed by atoms with Crippen LogP contribution in [0, 0.1) is 5.82 Å². The summed E-state index contributed by atoms with van der Waals surface area (Å²) in [4.78, 5) is 12.0. The summed E-state index contributed by atoms with van der Waals surface area (Å²) in [7, 11) is 0. The van der Waals surface area contributed by atoms with E-state index in [-0.39, 0.29) is 11.7 Å². The second kappa shape index (κ2) is 7.23. The van der Waals surface area contributed by atoms with Gasteiger partial charge in [-0.15, -0.1) is 10.2 Å². The van der Waals surface area contributed by atoms with Gasteiger partial charge in [-0.05, 0) is 36.4 Å². The predicted octanol–water partition coefficient (Wildman–Crippen LogP) is 3.50. The standard InChI is InChI=1S/C17H13ClFN3O2/c18-14-4-2-1-3-13(14)16(23)20-10-9-15-21-22-17(24-15)11-5-7-12(19)8-6-11/h1-8H,9-10H2,(H,20,23). The van der Waals surface area contributed by atoms with E-state index in [0.29, 0.717) is 40.9 Å². The van der Waals surface area contributed by atoms with E-state index in [1.807, 2.05) is 0 Å². The number of rotatable bonds is 5. The summed E-state index contributed by atoms with van der Waals surface area (Å²) in [6, 6.07) is 12.6. The first-order valence-corrected chi connectivity index (χ1v) is 7.62. The topological polar surface area (TPSA) is 68.0 Å². The molecule has 1 amide bonds. The summed E-state index contributed by atoms with van der Waals surface area (Å²) in [6.07, 6.45) is 0.379. The largest absolute Gasteiger partial charge is 0.421 e. The van der Waals surface area contributed by atoms with E-state index in [1.165, 1.54) is 12.1 Å². The molecule has 0 bridgehead atoms. The summed E-state index contributed by atoms with van der Waals surface area (Å²) >= 11 is 5.97. The molecular formula is C17H13ClFN3O2. The van der Waals surface area contributed by atoms with Crippen LogP contribution in [0.5, 0.6) is 0 Å². The zero-order valence-electron chi connectivity index (χ0n) is 12.5. The van der Waals surface area contributed by atoms with Crippen molar-refractivity contribution in [2.75, 3.05) is 6.54 Å². The lowest BCUT2D eigenvalue weighted by Gasteiger charge is -2.04. The maximum Gasteiger partial charge on any atom is 0.252 e. The van der Waals surface area contributed by atoms with Crippen molar-refractivity contribution in [3.05, 3.63) is 70.8 Å². The van der Waals surface area contributed by atoms with Crippen LogP contribution < -0.4 is 5.32 Å². The molecule has 0 radical (unpaired) electrons. The highest BCUT2D eigenvalue weighted by Gasteiger charge is 2.11. The van der Waals surface area contributed by atoms with Crippen molar-refractivity contribution in [2.24, 2.45) is 0 Å². The van der Waals surface area contributed by atoms with Gasteiger partial charge >= 0.3 is 0 Å². The Morgan fingerprint density at radius 2 is 1.88 bits per heavy atom. The average molecular weight is 346 g/mol. The molecule has 0 fully saturated rings. The van der Waals surface area contributed by atoms with Crippen LogP contribution in [0.2, 0.25) is 5.02 Å². The molecule has 0 aliphatic heterocycles. The Bertz CT molecular complexity index is 849. The highest BCUT2D eigenvalue weighted by molar-refractivity contribution is 6.33. The minimum atomic E-state index is -0.333. The van der Waals surface area contributed by atoms with Gasteiger partial charge in [0.15, 0.2) is 0 Å². The van der Waals surface area contributed by atoms with E-state index in [0.717, 1.165) is 0 Å². The van der Waals surface area contributed by atoms with E-state index in [4.69, 9.17) is 16.0 Å². The molecule has 1 N–H and O–H groups in total. The van der Waals surface area contributed by atoms with Crippen molar-refractivity contribution in [2.45, 2.75) is 6.42 Å². The number of benzene rings is 2. The van der Waals surface area contributed by atoms with Crippen LogP contribution in [0.25, 0.3) is 11.5 Å². The number of aromatic nitrogens is 2. The Morgan fingerprint density at radius 3 is 2.62 bits per heavy atom. The fourth-order valence-electron chi connectivity index (χ4n) is 2.09. The minimum Gasteiger partial charge on any atom is -0.421 e. The smallest absolute Gasteiger partial charge is 0.252 e. The van der Waals surface area contributed by atoms with Gasteiger partial charge < -0.3 is 9.73 Å². The minimum absolute atomic E-state index is 0.265. The number of hydrogen-bond acceptors (Lipinski definition) is 4. The molecule has 1 aromatic heterocycles. The molecule has 0 unspecified atom stereocenters. The first-order chi connectivity index (χ1) is 11.6. The van der Waals surface area contributed by atoms with Gasteiger partial charge in [0.2, 0.25) is 11.8 Å². The van der Waals surface area contributed by atoms with Crippen LogP contribution in [-0.4, -0.2) is 22.6 Å². The van der Waals surface area contributed by atoms with E-state index in [9.17, 15) is 9.18 Å². The van der Waals surface area contributed by atoms with Crippen LogP contribution in [0.3, 0.4) is 0 Å². The molecule has 3 aromatic rings. The molecule has 7 heteroatoms. The number of carbonyl (C=O) groups is 1. The first kappa shape index (κ1) is 16.1. The molecule has 3 rings (SSSR count). The quantitative estimate of drug-likeness (QED) is 0.768. The normalized spacial score (nSPS) is 10.6. The van der Waals surface area contributed by atoms with Crippen LogP contribution in [0.15, 0.2) is 52.9 Å². The van der Waals surface area contributed by atoms with Gasteiger partial charge in [-0.2, -0.15) is 0 Å². The van der Waals surface area contributed by atoms with E-state index < -0.39 is 0 Å². The van der Waals surface area contributed by atoms with Crippen molar-refractivity contribution < 1.29 is 13.6 Å². The van der Waals surface area contributed by atoms with Crippen LogP contribution >= 0.6 is 11.6 Å². The lowest BCUT2D eigenvalue weighted by atomic mass is 10.2. The van der Waals surface area contributed by atoms with Crippen molar-refractivity contribution in [1.82, 2.24) is 15.5 Å². The monoisotopic (exact) mass is 345 g/mol. The molecule has 0 atom stereocenters. The number of amides is 1. The van der Waals surface area contributed by atoms with Crippen LogP contribution in [0.1, 0.15) is 16.2 Å². The third-order valence-corrected chi connectivity index (χ3v) is 3.63. The maximum atomic E-state index is 12.9. The number of hydrogen-bond donors (Lipinski definition) is 1. The lowest BCUT2D eigenvalue weighted by Crippen LogP contribution is -2.26. The number of halogens is 2. The van der Waals surface area contributed by atoms with Gasteiger partial charge in [0.25, 0.3) is 5.91 Å². The van der Waals surface area contributed by atoms with E-state index >= 15 is 0 Å². The summed E-state index contributed by atoms with van der Waals surface area (Å²) in [6.45, 7) is 0.328. The van der Waals surface area contributed by atoms with Crippen LogP contribution in [0.4, 0.5) is 4.39 Å². The fraction of sp³-hybridized carbons (Fsp3) is 0.118. The molecule has 1 heterocycles. The first-order valence-electron chi connectivity index (χ1n) is 7.24. The zero-order valence-corrected chi connectivity index (χ0v) is 13.3. The van der Waals surface area contributed by atoms with Gasteiger partial charge in [-0.3, -0.25) is 4.79 Å². The Balaban J connectivity index is 1.57. The van der Waals surface area contributed by atoms with Crippen molar-refractivity contribution >= 4 is 17.5 Å². The Hall–Kier alpha value is -2.73. The van der Waals surface area contributed by atoms with Crippen molar-refractivity contribution in [3.63, 3.8) is 0 Å². The molecule has 5 nitrogen and oxygen atoms in total. The zero-order chi connectivity index (χ0) is 16.9. The second-order valence-corrected chi connectivity index (χ2v) is 5.40. The number of nitrogens with zero attached hydrogens (tertiary/aromatic N) is 2. The van der Waals surface area contributed by atoms with E-state index in [2.05, 4.69) is 15.5 Å². The summed E-state index contributed by atoms with van der Waals surface area (Å²) in [5.74, 6) is 0.0934. The fourth-order valence-corrected chi connectivity index (χ4v) is 2.31. The summed E-state index contributed by atoms with van der Waals surface area (Å²) in [5, 5.41) is 11.0. The molecule has 0 spiro atoms. The van der Waals surface area contributed by atoms with Gasteiger partial charge in [0.05, 0.1) is 10.6 Å². The Labute approximate surface area is 142 Å². The molecule has 24 heavy (non-hydrogen) atoms. The van der Waals surface area contributed by atoms with Crippen LogP contribution in [-0.2, 0) is 6.42 Å². The van der Waals surface area contributed by atoms with Crippen molar-refractivity contribution in [3.8, 4) is 11.5 Å². The molecule has 0 saturated carbocycles. The Kier molecular flexibility index (Phi) is 4.86. The number of nitrogens with one attached hydrogen (secondary N) is 1. The van der Waals surface area contributed by atoms with Gasteiger partial charge in [-0.25, -0.2) is 4.39 Å². The molecule has 0 aliphatic rings. The van der Waals surface area contributed by atoms with Gasteiger partial charge in [-0.1, -0.05) is 23.7 Å². The van der Waals surface area contributed by atoms with E-state index in [1.54, 1.807) is 36.4 Å². The predicted molar refractivity (Wildman–Crippen MR) is 87.2 cm³/mol. The summed E-state index contributed by atoms with van der Waals surface area (Å²) < 4.78 is 18.4. The highest BCUT2D eigenvalue weighted by Crippen LogP contribution is 2.18. The second-order valence-electron chi connectivity index (χ2n) is 4.99. The third-order valence-electron chi connectivity index (χ3n) is 3.30. The lowest BCUT2D eigenvalue weighted by molar-refractivity contribution is 0.0954. The third kappa shape index (κ3) is 3.78. The van der Waals surface area contributed by atoms with Crippen molar-refractivity contribution in [1.29, 1.82) is 0 Å². The number of carbonyl (C=O) groups excluding carboxylic acids is 1. The molecule has 0 saturated heterocycles. The van der Waals surface area contributed by atoms with Gasteiger partial charge in [0, 0.05) is 18.5 Å². The van der Waals surface area contributed by atoms with Gasteiger partial charge in [0.1, 0.15) is 5.82 Å². The Morgan fingerprint density at radius 1 is 1.12 bits per heavy atom. The highest BCUT2D eigenvalue weighted by atomic mass is 35.5. The summed E-state index contributed by atoms with van der Waals surface area (Å²) in [5.41, 5.74) is 1.05. The molecule has 0 aliphatic carbocycles.